The summed E-state index contributed by atoms with van der Waals surface area (Å²) in [6.07, 6.45) is 2.05. The molecule has 2 heterocycles. The Labute approximate surface area is 136 Å². The molecule has 0 unspecified atom stereocenters. The number of hydrogen-bond donors (Lipinski definition) is 1. The predicted octanol–water partition coefficient (Wildman–Crippen LogP) is 2.94. The first-order valence-corrected chi connectivity index (χ1v) is 8.03. The van der Waals surface area contributed by atoms with Gasteiger partial charge in [-0.25, -0.2) is 0 Å². The van der Waals surface area contributed by atoms with Gasteiger partial charge in [0.2, 0.25) is 0 Å². The molecule has 0 spiro atoms. The van der Waals surface area contributed by atoms with E-state index in [4.69, 9.17) is 4.74 Å². The molecule has 1 aromatic heterocycles. The number of ether oxygens (including phenoxy) is 1. The second kappa shape index (κ2) is 6.54. The Bertz CT molecular complexity index is 689. The molecule has 23 heavy (non-hydrogen) atoms. The fraction of sp³-hybridized carbons (Fsp3) is 0.444. The number of nitrogens with zero attached hydrogens (tertiary/aromatic N) is 2. The summed E-state index contributed by atoms with van der Waals surface area (Å²) in [4.78, 5) is 14.8. The molecule has 3 rings (SSSR count). The molecule has 1 atom stereocenters. The van der Waals surface area contributed by atoms with Gasteiger partial charge in [0.25, 0.3) is 5.91 Å². The first kappa shape index (κ1) is 15.7. The van der Waals surface area contributed by atoms with Crippen LogP contribution in [0, 0.1) is 13.8 Å². The average molecular weight is 313 g/mol. The molecule has 122 valence electrons. The Morgan fingerprint density at radius 3 is 2.96 bits per heavy atom. The third kappa shape index (κ3) is 3.01. The second-order valence-corrected chi connectivity index (χ2v) is 6.14. The summed E-state index contributed by atoms with van der Waals surface area (Å²) in [5.74, 6) is 0.0881. The van der Waals surface area contributed by atoms with Crippen LogP contribution in [-0.4, -0.2) is 47.3 Å². The van der Waals surface area contributed by atoms with E-state index in [0.29, 0.717) is 6.61 Å². The van der Waals surface area contributed by atoms with Gasteiger partial charge < -0.3 is 9.64 Å². The third-order valence-electron chi connectivity index (χ3n) is 4.52. The van der Waals surface area contributed by atoms with Crippen molar-refractivity contribution in [1.29, 1.82) is 0 Å². The molecule has 0 radical (unpaired) electrons. The van der Waals surface area contributed by atoms with Gasteiger partial charge in [-0.1, -0.05) is 12.1 Å². The lowest BCUT2D eigenvalue weighted by atomic mass is 10.0. The Kier molecular flexibility index (Phi) is 4.48. The van der Waals surface area contributed by atoms with Crippen LogP contribution in [0.2, 0.25) is 0 Å². The number of carbonyl (C=O) groups excluding carboxylic acids is 1. The van der Waals surface area contributed by atoms with Crippen molar-refractivity contribution < 1.29 is 9.53 Å². The average Bonchev–Trinajstić information content (AvgIpc) is 3.14. The molecule has 2 aromatic rings. The van der Waals surface area contributed by atoms with Crippen molar-refractivity contribution in [1.82, 2.24) is 15.1 Å². The number of H-pyrrole nitrogens is 1. The number of likely N-dealkylation sites (tertiary alicyclic amines) is 1. The fourth-order valence-corrected chi connectivity index (χ4v) is 3.42. The Morgan fingerprint density at radius 2 is 2.26 bits per heavy atom. The van der Waals surface area contributed by atoms with Gasteiger partial charge >= 0.3 is 0 Å². The minimum atomic E-state index is 0.0881. The summed E-state index contributed by atoms with van der Waals surface area (Å²) in [6, 6.07) is 8.01. The first-order valence-electron chi connectivity index (χ1n) is 8.03. The predicted molar refractivity (Wildman–Crippen MR) is 89.4 cm³/mol. The van der Waals surface area contributed by atoms with Gasteiger partial charge in [0.15, 0.2) is 0 Å². The summed E-state index contributed by atoms with van der Waals surface area (Å²) >= 11 is 0. The summed E-state index contributed by atoms with van der Waals surface area (Å²) in [7, 11) is 1.69. The lowest BCUT2D eigenvalue weighted by molar-refractivity contribution is 0.0630. The zero-order valence-electron chi connectivity index (χ0n) is 13.9. The third-order valence-corrected chi connectivity index (χ3v) is 4.52. The van der Waals surface area contributed by atoms with Crippen LogP contribution in [0.1, 0.15) is 34.6 Å². The highest BCUT2D eigenvalue weighted by atomic mass is 16.5. The molecule has 1 aliphatic heterocycles. The first-order chi connectivity index (χ1) is 11.1. The van der Waals surface area contributed by atoms with Gasteiger partial charge in [-0.2, -0.15) is 5.10 Å². The smallest absolute Gasteiger partial charge is 0.254 e. The van der Waals surface area contributed by atoms with E-state index in [1.165, 1.54) is 0 Å². The van der Waals surface area contributed by atoms with Crippen molar-refractivity contribution in [2.45, 2.75) is 32.7 Å². The zero-order chi connectivity index (χ0) is 16.4. The van der Waals surface area contributed by atoms with Gasteiger partial charge in [-0.3, -0.25) is 9.89 Å². The largest absolute Gasteiger partial charge is 0.383 e. The molecule has 5 nitrogen and oxygen atoms in total. The van der Waals surface area contributed by atoms with Crippen molar-refractivity contribution in [2.75, 3.05) is 20.3 Å². The van der Waals surface area contributed by atoms with Crippen LogP contribution >= 0.6 is 0 Å². The molecule has 5 heteroatoms. The molecular formula is C18H23N3O2. The standard InChI is InChI=1S/C18H23N3O2/c1-12-17(13(2)20-19-12)14-6-4-7-15(10-14)18(22)21-9-5-8-16(21)11-23-3/h4,6-7,10,16H,5,8-9,11H2,1-3H3,(H,19,20)/t16-/m0/s1. The number of nitrogens with one attached hydrogen (secondary N) is 1. The highest BCUT2D eigenvalue weighted by Gasteiger charge is 2.29. The van der Waals surface area contributed by atoms with Gasteiger partial charge in [-0.15, -0.1) is 0 Å². The molecule has 1 amide bonds. The maximum Gasteiger partial charge on any atom is 0.254 e. The molecule has 0 saturated carbocycles. The zero-order valence-corrected chi connectivity index (χ0v) is 13.9. The quantitative estimate of drug-likeness (QED) is 0.944. The summed E-state index contributed by atoms with van der Waals surface area (Å²) in [5, 5.41) is 7.25. The maximum atomic E-state index is 12.9. The molecule has 1 saturated heterocycles. The van der Waals surface area contributed by atoms with Crippen LogP contribution in [0.4, 0.5) is 0 Å². The van der Waals surface area contributed by atoms with Gasteiger partial charge in [-0.05, 0) is 44.4 Å². The molecule has 1 aromatic carbocycles. The van der Waals surface area contributed by atoms with Crippen molar-refractivity contribution in [2.24, 2.45) is 0 Å². The normalized spacial score (nSPS) is 17.7. The Balaban J connectivity index is 1.89. The number of aromatic nitrogens is 2. The number of rotatable bonds is 4. The molecule has 1 N–H and O–H groups in total. The van der Waals surface area contributed by atoms with Crippen molar-refractivity contribution in [3.63, 3.8) is 0 Å². The Morgan fingerprint density at radius 1 is 1.43 bits per heavy atom. The van der Waals surface area contributed by atoms with Crippen molar-refractivity contribution >= 4 is 5.91 Å². The summed E-state index contributed by atoms with van der Waals surface area (Å²) in [5.41, 5.74) is 4.80. The van der Waals surface area contributed by atoms with Crippen LogP contribution in [0.3, 0.4) is 0 Å². The van der Waals surface area contributed by atoms with Crippen LogP contribution < -0.4 is 0 Å². The van der Waals surface area contributed by atoms with E-state index in [0.717, 1.165) is 47.5 Å². The Hall–Kier alpha value is -2.14. The maximum absolute atomic E-state index is 12.9. The van der Waals surface area contributed by atoms with Gasteiger partial charge in [0.1, 0.15) is 0 Å². The van der Waals surface area contributed by atoms with E-state index >= 15 is 0 Å². The minimum Gasteiger partial charge on any atom is -0.383 e. The monoisotopic (exact) mass is 313 g/mol. The number of amides is 1. The summed E-state index contributed by atoms with van der Waals surface area (Å²) < 4.78 is 5.25. The lowest BCUT2D eigenvalue weighted by Gasteiger charge is -2.24. The van der Waals surface area contributed by atoms with Gasteiger partial charge in [0, 0.05) is 30.5 Å². The molecule has 1 fully saturated rings. The van der Waals surface area contributed by atoms with Crippen molar-refractivity contribution in [3.05, 3.63) is 41.2 Å². The highest BCUT2D eigenvalue weighted by molar-refractivity contribution is 5.96. The van der Waals surface area contributed by atoms with Crippen LogP contribution in [0.5, 0.6) is 0 Å². The van der Waals surface area contributed by atoms with Crippen LogP contribution in [0.25, 0.3) is 11.1 Å². The van der Waals surface area contributed by atoms with E-state index < -0.39 is 0 Å². The van der Waals surface area contributed by atoms with E-state index in [1.807, 2.05) is 43.0 Å². The van der Waals surface area contributed by atoms with E-state index in [-0.39, 0.29) is 11.9 Å². The number of benzene rings is 1. The van der Waals surface area contributed by atoms with E-state index in [9.17, 15) is 4.79 Å². The number of methoxy groups -OCH3 is 1. The van der Waals surface area contributed by atoms with Crippen molar-refractivity contribution in [3.8, 4) is 11.1 Å². The van der Waals surface area contributed by atoms with Crippen LogP contribution in [-0.2, 0) is 4.74 Å². The fourth-order valence-electron chi connectivity index (χ4n) is 3.42. The number of carbonyl (C=O) groups is 1. The molecular weight excluding hydrogens is 290 g/mol. The molecule has 1 aliphatic rings. The molecule has 0 aliphatic carbocycles. The van der Waals surface area contributed by atoms with Gasteiger partial charge in [0.05, 0.1) is 18.3 Å². The topological polar surface area (TPSA) is 58.2 Å². The second-order valence-electron chi connectivity index (χ2n) is 6.14. The van der Waals surface area contributed by atoms with Crippen LogP contribution in [0.15, 0.2) is 24.3 Å². The number of hydrogen-bond acceptors (Lipinski definition) is 3. The minimum absolute atomic E-state index is 0.0881. The highest BCUT2D eigenvalue weighted by Crippen LogP contribution is 2.27. The van der Waals surface area contributed by atoms with E-state index in [1.54, 1.807) is 7.11 Å². The number of aryl methyl sites for hydroxylation is 2. The molecule has 0 bridgehead atoms. The number of aromatic amines is 1. The SMILES string of the molecule is COC[C@@H]1CCCN1C(=O)c1cccc(-c2c(C)n[nH]c2C)c1. The van der Waals surface area contributed by atoms with E-state index in [2.05, 4.69) is 10.2 Å². The summed E-state index contributed by atoms with van der Waals surface area (Å²) in [6.45, 7) is 5.38. The lowest BCUT2D eigenvalue weighted by Crippen LogP contribution is -2.38.